The minimum Gasteiger partial charge on any atom is -0.488 e. The van der Waals surface area contributed by atoms with Gasteiger partial charge in [-0.05, 0) is 13.0 Å². The van der Waals surface area contributed by atoms with Crippen molar-refractivity contribution in [2.24, 2.45) is 0 Å². The van der Waals surface area contributed by atoms with Gasteiger partial charge in [0.15, 0.2) is 0 Å². The van der Waals surface area contributed by atoms with E-state index in [0.717, 1.165) is 6.54 Å². The molecule has 0 aromatic carbocycles. The molecule has 0 radical (unpaired) electrons. The van der Waals surface area contributed by atoms with E-state index in [0.29, 0.717) is 13.1 Å². The van der Waals surface area contributed by atoms with E-state index >= 15 is 0 Å². The maximum absolute atomic E-state index is 12.3. The molecule has 5 nitrogen and oxygen atoms in total. The van der Waals surface area contributed by atoms with Gasteiger partial charge in [-0.25, -0.2) is 8.78 Å². The lowest BCUT2D eigenvalue weighted by Gasteiger charge is -2.31. The van der Waals surface area contributed by atoms with Crippen molar-refractivity contribution in [1.82, 2.24) is 15.2 Å². The molecule has 1 aliphatic rings. The zero-order valence-electron chi connectivity index (χ0n) is 11.6. The van der Waals surface area contributed by atoms with Crippen molar-refractivity contribution in [3.8, 4) is 5.75 Å². The Kier molecular flexibility index (Phi) is 6.77. The zero-order chi connectivity index (χ0) is 14.5. The summed E-state index contributed by atoms with van der Waals surface area (Å²) in [6, 6.07) is 3.09. The summed E-state index contributed by atoms with van der Waals surface area (Å²) in [6.07, 6.45) is -1.16. The van der Waals surface area contributed by atoms with Crippen molar-refractivity contribution in [1.29, 1.82) is 0 Å². The van der Waals surface area contributed by atoms with Gasteiger partial charge in [-0.2, -0.15) is 0 Å². The molecule has 2 heterocycles. The van der Waals surface area contributed by atoms with Gasteiger partial charge in [0.1, 0.15) is 18.1 Å². The summed E-state index contributed by atoms with van der Waals surface area (Å²) < 4.78 is 29.1. The second-order valence-corrected chi connectivity index (χ2v) is 4.69. The third-order valence-corrected chi connectivity index (χ3v) is 2.98. The molecule has 1 aromatic heterocycles. The molecule has 1 atom stereocenters. The lowest BCUT2D eigenvalue weighted by atomic mass is 10.2. The molecule has 0 unspecified atom stereocenters. The van der Waals surface area contributed by atoms with Crippen LogP contribution in [-0.2, 0) is 0 Å². The summed E-state index contributed by atoms with van der Waals surface area (Å²) in [5.41, 5.74) is 0.214. The lowest BCUT2D eigenvalue weighted by molar-refractivity contribution is 0.0700. The Hall–Kier alpha value is -1.47. The maximum Gasteiger partial charge on any atom is 0.272 e. The molecule has 2 rings (SSSR count). The van der Waals surface area contributed by atoms with E-state index in [1.54, 1.807) is 4.90 Å². The van der Waals surface area contributed by atoms with Gasteiger partial charge in [-0.3, -0.25) is 9.78 Å². The fraction of sp³-hybridized carbons (Fsp3) is 0.538. The summed E-state index contributed by atoms with van der Waals surface area (Å²) in [7, 11) is 0. The van der Waals surface area contributed by atoms with Crippen molar-refractivity contribution < 1.29 is 18.3 Å². The van der Waals surface area contributed by atoms with Crippen LogP contribution in [0.15, 0.2) is 18.3 Å². The van der Waals surface area contributed by atoms with E-state index in [4.69, 9.17) is 4.74 Å². The summed E-state index contributed by atoms with van der Waals surface area (Å²) >= 11 is 0. The monoisotopic (exact) mass is 321 g/mol. The summed E-state index contributed by atoms with van der Waals surface area (Å²) in [4.78, 5) is 17.9. The highest BCUT2D eigenvalue weighted by Gasteiger charge is 2.22. The highest BCUT2D eigenvalue weighted by atomic mass is 35.5. The number of ether oxygens (including phenoxy) is 1. The number of hydrogen-bond donors (Lipinski definition) is 1. The average Bonchev–Trinajstić information content (AvgIpc) is 2.44. The Balaban J connectivity index is 0.00000220. The number of pyridine rings is 1. The van der Waals surface area contributed by atoms with Crippen LogP contribution >= 0.6 is 12.4 Å². The molecule has 8 heteroatoms. The third-order valence-electron chi connectivity index (χ3n) is 2.98. The predicted molar refractivity (Wildman–Crippen MR) is 76.4 cm³/mol. The predicted octanol–water partition coefficient (Wildman–Crippen LogP) is 1.58. The molecule has 0 bridgehead atoms. The molecular weight excluding hydrogens is 304 g/mol. The molecule has 1 amide bonds. The second kappa shape index (κ2) is 8.09. The lowest BCUT2D eigenvalue weighted by Crippen LogP contribution is -2.51. The van der Waals surface area contributed by atoms with Crippen LogP contribution in [0.4, 0.5) is 8.78 Å². The van der Waals surface area contributed by atoms with Crippen molar-refractivity contribution in [2.45, 2.75) is 19.4 Å². The zero-order valence-corrected chi connectivity index (χ0v) is 12.4. The first-order valence-corrected chi connectivity index (χ1v) is 6.46. The van der Waals surface area contributed by atoms with Crippen molar-refractivity contribution in [3.63, 3.8) is 0 Å². The highest BCUT2D eigenvalue weighted by Crippen LogP contribution is 2.14. The van der Waals surface area contributed by atoms with Gasteiger partial charge in [-0.15, -0.1) is 12.4 Å². The van der Waals surface area contributed by atoms with Gasteiger partial charge in [-0.1, -0.05) is 0 Å². The van der Waals surface area contributed by atoms with Gasteiger partial charge in [0.05, 0.1) is 0 Å². The Morgan fingerprint density at radius 3 is 3.05 bits per heavy atom. The number of rotatable bonds is 4. The van der Waals surface area contributed by atoms with E-state index < -0.39 is 13.0 Å². The van der Waals surface area contributed by atoms with Gasteiger partial charge in [0.25, 0.3) is 12.3 Å². The number of alkyl halides is 2. The minimum absolute atomic E-state index is 0. The van der Waals surface area contributed by atoms with Crippen LogP contribution in [-0.4, -0.2) is 54.5 Å². The van der Waals surface area contributed by atoms with Crippen LogP contribution in [0.25, 0.3) is 0 Å². The molecule has 1 aromatic rings. The summed E-state index contributed by atoms with van der Waals surface area (Å²) in [5, 5.41) is 3.24. The van der Waals surface area contributed by atoms with Crippen LogP contribution in [0.1, 0.15) is 17.4 Å². The van der Waals surface area contributed by atoms with Gasteiger partial charge < -0.3 is 15.0 Å². The number of aromatic nitrogens is 1. The Morgan fingerprint density at radius 1 is 1.62 bits per heavy atom. The van der Waals surface area contributed by atoms with Gasteiger partial charge in [0.2, 0.25) is 0 Å². The molecule has 1 fully saturated rings. The molecule has 0 aliphatic carbocycles. The molecule has 21 heavy (non-hydrogen) atoms. The van der Waals surface area contributed by atoms with Crippen molar-refractivity contribution >= 4 is 18.3 Å². The van der Waals surface area contributed by atoms with E-state index in [9.17, 15) is 13.6 Å². The molecule has 1 N–H and O–H groups in total. The third kappa shape index (κ3) is 5.09. The minimum atomic E-state index is -2.55. The number of nitrogens with zero attached hydrogens (tertiary/aromatic N) is 2. The van der Waals surface area contributed by atoms with Crippen LogP contribution in [0.5, 0.6) is 5.75 Å². The van der Waals surface area contributed by atoms with E-state index in [-0.39, 0.29) is 35.8 Å². The fourth-order valence-corrected chi connectivity index (χ4v) is 2.06. The largest absolute Gasteiger partial charge is 0.488 e. The topological polar surface area (TPSA) is 54.5 Å². The molecule has 0 saturated carbocycles. The number of carbonyl (C=O) groups excluding carboxylic acids is 1. The molecule has 0 spiro atoms. The number of carbonyl (C=O) groups is 1. The summed E-state index contributed by atoms with van der Waals surface area (Å²) in [6.45, 7) is 3.24. The number of piperazine rings is 1. The molecular formula is C13H18ClF2N3O2. The molecule has 118 valence electrons. The first-order valence-electron chi connectivity index (χ1n) is 6.46. The van der Waals surface area contributed by atoms with Crippen molar-refractivity contribution in [3.05, 3.63) is 24.0 Å². The Morgan fingerprint density at radius 2 is 2.38 bits per heavy atom. The van der Waals surface area contributed by atoms with Crippen LogP contribution < -0.4 is 10.1 Å². The first kappa shape index (κ1) is 17.6. The number of hydrogen-bond acceptors (Lipinski definition) is 4. The smallest absolute Gasteiger partial charge is 0.272 e. The standard InChI is InChI=1S/C13H17F2N3O2.ClH/c1-9-7-18(5-4-16-9)13(19)11-6-10(2-3-17-11)20-8-12(14)15;/h2-3,6,9,12,16H,4-5,7-8H2,1H3;1H/t9-;/m1./s1. The van der Waals surface area contributed by atoms with Crippen molar-refractivity contribution in [2.75, 3.05) is 26.2 Å². The average molecular weight is 322 g/mol. The quantitative estimate of drug-likeness (QED) is 0.915. The van der Waals surface area contributed by atoms with Crippen LogP contribution in [0.2, 0.25) is 0 Å². The highest BCUT2D eigenvalue weighted by molar-refractivity contribution is 5.92. The van der Waals surface area contributed by atoms with E-state index in [2.05, 4.69) is 10.3 Å². The second-order valence-electron chi connectivity index (χ2n) is 4.69. The van der Waals surface area contributed by atoms with Crippen LogP contribution in [0, 0.1) is 0 Å². The van der Waals surface area contributed by atoms with Gasteiger partial charge in [0, 0.05) is 37.9 Å². The van der Waals surface area contributed by atoms with E-state index in [1.807, 2.05) is 6.92 Å². The fourth-order valence-electron chi connectivity index (χ4n) is 2.06. The number of nitrogens with one attached hydrogen (secondary N) is 1. The van der Waals surface area contributed by atoms with Gasteiger partial charge >= 0.3 is 0 Å². The van der Waals surface area contributed by atoms with E-state index in [1.165, 1.54) is 18.3 Å². The first-order chi connectivity index (χ1) is 9.56. The molecule has 1 aliphatic heterocycles. The van der Waals surface area contributed by atoms with Crippen LogP contribution in [0.3, 0.4) is 0 Å². The number of amides is 1. The normalized spacial score (nSPS) is 18.3. The summed E-state index contributed by atoms with van der Waals surface area (Å²) in [5.74, 6) is 0.0210. The Labute approximate surface area is 128 Å². The maximum atomic E-state index is 12.3. The SMILES string of the molecule is C[C@@H]1CN(C(=O)c2cc(OCC(F)F)ccn2)CCN1.Cl. The number of halogens is 3. The molecule has 1 saturated heterocycles. The Bertz CT molecular complexity index is 476.